The van der Waals surface area contributed by atoms with Crippen LogP contribution in [0.4, 0.5) is 4.79 Å². The fraction of sp³-hybridized carbons (Fsp3) is 0.583. The molecular formula is C24H32N2O7. The number of hydrogen-bond donors (Lipinski definition) is 1. The smallest absolute Gasteiger partial charge is 0.411 e. The topological polar surface area (TPSA) is 111 Å². The van der Waals surface area contributed by atoms with Gasteiger partial charge in [0.25, 0.3) is 11.5 Å². The second kappa shape index (κ2) is 9.91. The number of aryl methyl sites for hydroxylation is 1. The van der Waals surface area contributed by atoms with Crippen LogP contribution < -0.4 is 5.32 Å². The molecule has 3 unspecified atom stereocenters. The van der Waals surface area contributed by atoms with E-state index in [4.69, 9.17) is 14.2 Å². The van der Waals surface area contributed by atoms with Crippen molar-refractivity contribution in [2.24, 2.45) is 0 Å². The summed E-state index contributed by atoms with van der Waals surface area (Å²) < 4.78 is 16.3. The molecule has 2 aliphatic rings. The highest BCUT2D eigenvalue weighted by atomic mass is 16.6. The summed E-state index contributed by atoms with van der Waals surface area (Å²) in [4.78, 5) is 53.0. The maximum Gasteiger partial charge on any atom is 0.411 e. The molecule has 0 bridgehead atoms. The van der Waals surface area contributed by atoms with E-state index >= 15 is 0 Å². The van der Waals surface area contributed by atoms with Gasteiger partial charge in [-0.05, 0) is 45.6 Å². The Bertz CT molecular complexity index is 890. The molecule has 33 heavy (non-hydrogen) atoms. The summed E-state index contributed by atoms with van der Waals surface area (Å²) in [5.41, 5.74) is -1.97. The van der Waals surface area contributed by atoms with E-state index in [1.165, 1.54) is 7.05 Å². The second-order valence-electron chi connectivity index (χ2n) is 9.44. The van der Waals surface area contributed by atoms with Crippen LogP contribution in [0.15, 0.2) is 30.3 Å². The molecule has 0 radical (unpaired) electrons. The van der Waals surface area contributed by atoms with Gasteiger partial charge in [-0.15, -0.1) is 0 Å². The summed E-state index contributed by atoms with van der Waals surface area (Å²) in [6.07, 6.45) is 0.989. The standard InChI is InChI=1S/C24H32N2O7/c1-23(2,3)33-22(30)26(4)18-19(27)24(32-20(18)28,13-12-16-9-6-5-7-10-16)21(29)25-15-17-11-8-14-31-17/h5-7,9-10,17-18H,8,11-15H2,1-4H3,(H,25,29). The Morgan fingerprint density at radius 3 is 2.52 bits per heavy atom. The normalized spacial score (nSPS) is 25.0. The van der Waals surface area contributed by atoms with Gasteiger partial charge in [-0.3, -0.25) is 14.5 Å². The van der Waals surface area contributed by atoms with Crippen LogP contribution in [0.1, 0.15) is 45.6 Å². The number of Topliss-reactive ketones (excluding diaryl/α,β-unsaturated/α-hetero) is 1. The van der Waals surface area contributed by atoms with Gasteiger partial charge in [0.05, 0.1) is 6.10 Å². The highest BCUT2D eigenvalue weighted by Gasteiger charge is 2.62. The van der Waals surface area contributed by atoms with Gasteiger partial charge in [0, 0.05) is 26.6 Å². The molecule has 0 spiro atoms. The van der Waals surface area contributed by atoms with Crippen molar-refractivity contribution in [2.75, 3.05) is 20.2 Å². The summed E-state index contributed by atoms with van der Waals surface area (Å²) in [6.45, 7) is 5.86. The third kappa shape index (κ3) is 5.71. The van der Waals surface area contributed by atoms with Gasteiger partial charge in [-0.2, -0.15) is 0 Å². The number of carbonyl (C=O) groups excluding carboxylic acids is 4. The van der Waals surface area contributed by atoms with Gasteiger partial charge in [0.15, 0.2) is 6.04 Å². The molecule has 0 saturated carbocycles. The van der Waals surface area contributed by atoms with Crippen LogP contribution in [0.3, 0.4) is 0 Å². The molecule has 9 heteroatoms. The fourth-order valence-electron chi connectivity index (χ4n) is 3.94. The third-order valence-electron chi connectivity index (χ3n) is 5.70. The Morgan fingerprint density at radius 1 is 1.21 bits per heavy atom. The molecule has 180 valence electrons. The number of benzene rings is 1. The van der Waals surface area contributed by atoms with Gasteiger partial charge < -0.3 is 19.5 Å². The number of nitrogens with zero attached hydrogens (tertiary/aromatic N) is 1. The number of hydrogen-bond acceptors (Lipinski definition) is 7. The number of cyclic esters (lactones) is 1. The van der Waals surface area contributed by atoms with Crippen molar-refractivity contribution < 1.29 is 33.4 Å². The van der Waals surface area contributed by atoms with Crippen molar-refractivity contribution >= 4 is 23.8 Å². The summed E-state index contributed by atoms with van der Waals surface area (Å²) in [5.74, 6) is -2.43. The molecule has 2 heterocycles. The Balaban J connectivity index is 1.82. The van der Waals surface area contributed by atoms with Crippen LogP contribution in [0.2, 0.25) is 0 Å². The number of amides is 2. The predicted molar refractivity (Wildman–Crippen MR) is 118 cm³/mol. The lowest BCUT2D eigenvalue weighted by Gasteiger charge is -2.28. The van der Waals surface area contributed by atoms with E-state index in [9.17, 15) is 19.2 Å². The van der Waals surface area contributed by atoms with Crippen molar-refractivity contribution in [1.29, 1.82) is 0 Å². The molecule has 0 aromatic heterocycles. The van der Waals surface area contributed by atoms with Gasteiger partial charge in [-0.1, -0.05) is 30.3 Å². The fourth-order valence-corrected chi connectivity index (χ4v) is 3.94. The van der Waals surface area contributed by atoms with Crippen molar-refractivity contribution in [3.63, 3.8) is 0 Å². The summed E-state index contributed by atoms with van der Waals surface area (Å²) in [6, 6.07) is 7.72. The SMILES string of the molecule is CN(C(=O)OC(C)(C)C)C1C(=O)OC(CCc2ccccc2)(C(=O)NCC2CCCO2)C1=O. The maximum absolute atomic E-state index is 13.5. The zero-order valence-electron chi connectivity index (χ0n) is 19.6. The minimum Gasteiger partial charge on any atom is -0.444 e. The lowest BCUT2D eigenvalue weighted by molar-refractivity contribution is -0.163. The largest absolute Gasteiger partial charge is 0.444 e. The molecule has 1 N–H and O–H groups in total. The molecular weight excluding hydrogens is 428 g/mol. The number of esters is 1. The van der Waals surface area contributed by atoms with Crippen molar-refractivity contribution in [1.82, 2.24) is 10.2 Å². The van der Waals surface area contributed by atoms with E-state index in [0.29, 0.717) is 13.0 Å². The quantitative estimate of drug-likeness (QED) is 0.489. The minimum absolute atomic E-state index is 0.0440. The van der Waals surface area contributed by atoms with Crippen LogP contribution in [0.5, 0.6) is 0 Å². The Morgan fingerprint density at radius 2 is 1.91 bits per heavy atom. The monoisotopic (exact) mass is 460 g/mol. The average molecular weight is 461 g/mol. The lowest BCUT2D eigenvalue weighted by Crippen LogP contribution is -2.56. The van der Waals surface area contributed by atoms with Crippen molar-refractivity contribution in [3.05, 3.63) is 35.9 Å². The van der Waals surface area contributed by atoms with Gasteiger partial charge in [-0.25, -0.2) is 9.59 Å². The van der Waals surface area contributed by atoms with E-state index in [1.54, 1.807) is 20.8 Å². The maximum atomic E-state index is 13.5. The zero-order chi connectivity index (χ0) is 24.2. The zero-order valence-corrected chi connectivity index (χ0v) is 19.6. The first-order valence-electron chi connectivity index (χ1n) is 11.2. The number of carbonyl (C=O) groups is 4. The van der Waals surface area contributed by atoms with Crippen molar-refractivity contribution in [2.45, 2.75) is 69.8 Å². The first-order valence-corrected chi connectivity index (χ1v) is 11.2. The highest BCUT2D eigenvalue weighted by Crippen LogP contribution is 2.32. The lowest BCUT2D eigenvalue weighted by atomic mass is 9.88. The highest BCUT2D eigenvalue weighted by molar-refractivity contribution is 6.23. The summed E-state index contributed by atoms with van der Waals surface area (Å²) in [5, 5.41) is 2.72. The van der Waals surface area contributed by atoms with Crippen LogP contribution in [-0.4, -0.2) is 72.2 Å². The minimum atomic E-state index is -2.04. The molecule has 3 rings (SSSR count). The molecule has 3 atom stereocenters. The van der Waals surface area contributed by atoms with Gasteiger partial charge in [0.1, 0.15) is 5.60 Å². The number of ketones is 1. The molecule has 1 aromatic rings. The van der Waals surface area contributed by atoms with Gasteiger partial charge in [0.2, 0.25) is 5.78 Å². The van der Waals surface area contributed by atoms with Crippen LogP contribution in [0, 0.1) is 0 Å². The van der Waals surface area contributed by atoms with E-state index in [-0.39, 0.29) is 19.1 Å². The van der Waals surface area contributed by atoms with Crippen LogP contribution >= 0.6 is 0 Å². The molecule has 2 fully saturated rings. The average Bonchev–Trinajstić information content (AvgIpc) is 3.36. The van der Waals surface area contributed by atoms with E-state index < -0.39 is 41.0 Å². The molecule has 1 aromatic carbocycles. The molecule has 0 aliphatic carbocycles. The Hall–Kier alpha value is -2.94. The van der Waals surface area contributed by atoms with Crippen LogP contribution in [-0.2, 0) is 35.0 Å². The first-order chi connectivity index (χ1) is 15.5. The number of ether oxygens (including phenoxy) is 3. The molecule has 2 amide bonds. The number of likely N-dealkylation sites (N-methyl/N-ethyl adjacent to an activating group) is 1. The second-order valence-corrected chi connectivity index (χ2v) is 9.44. The third-order valence-corrected chi connectivity index (χ3v) is 5.70. The number of nitrogens with one attached hydrogen (secondary N) is 1. The van der Waals surface area contributed by atoms with E-state index in [0.717, 1.165) is 23.3 Å². The Kier molecular flexibility index (Phi) is 7.41. The molecule has 2 aliphatic heterocycles. The Labute approximate surface area is 193 Å². The molecule has 9 nitrogen and oxygen atoms in total. The van der Waals surface area contributed by atoms with E-state index in [2.05, 4.69) is 5.32 Å². The summed E-state index contributed by atoms with van der Waals surface area (Å²) in [7, 11) is 1.29. The van der Waals surface area contributed by atoms with Crippen LogP contribution in [0.25, 0.3) is 0 Å². The summed E-state index contributed by atoms with van der Waals surface area (Å²) >= 11 is 0. The predicted octanol–water partition coefficient (Wildman–Crippen LogP) is 2.01. The number of rotatable bonds is 7. The van der Waals surface area contributed by atoms with E-state index in [1.807, 2.05) is 30.3 Å². The van der Waals surface area contributed by atoms with Gasteiger partial charge >= 0.3 is 12.1 Å². The molecule has 2 saturated heterocycles. The first kappa shape index (κ1) is 24.7. The van der Waals surface area contributed by atoms with Crippen molar-refractivity contribution in [3.8, 4) is 0 Å².